The molecule has 4 aliphatic rings. The van der Waals surface area contributed by atoms with Gasteiger partial charge < -0.3 is 13.3 Å². The molecule has 0 amide bonds. The topological polar surface area (TPSA) is 27.7 Å². The SMILES string of the molecule is CCO[Si](OCC)(OCC)C1CC2C(C1)C1CC2C2SSSC12. The highest BCUT2D eigenvalue weighted by molar-refractivity contribution is 9.11. The van der Waals surface area contributed by atoms with Gasteiger partial charge in [-0.15, -0.1) is 0 Å². The molecule has 23 heavy (non-hydrogen) atoms. The molecule has 4 rings (SSSR count). The average molecular weight is 393 g/mol. The predicted octanol–water partition coefficient (Wildman–Crippen LogP) is 4.86. The molecular weight excluding hydrogens is 364 g/mol. The van der Waals surface area contributed by atoms with Gasteiger partial charge in [0, 0.05) is 35.9 Å². The summed E-state index contributed by atoms with van der Waals surface area (Å²) in [6, 6.07) is 0. The van der Waals surface area contributed by atoms with E-state index in [4.69, 9.17) is 13.3 Å². The van der Waals surface area contributed by atoms with E-state index in [1.807, 2.05) is 0 Å². The summed E-state index contributed by atoms with van der Waals surface area (Å²) >= 11 is 0. The largest absolute Gasteiger partial charge is 0.504 e. The first kappa shape index (κ1) is 17.6. The molecule has 3 nitrogen and oxygen atoms in total. The molecule has 0 aromatic rings. The van der Waals surface area contributed by atoms with Crippen molar-refractivity contribution in [3.63, 3.8) is 0 Å². The molecule has 2 bridgehead atoms. The first-order chi connectivity index (χ1) is 11.2. The molecule has 1 saturated heterocycles. The summed E-state index contributed by atoms with van der Waals surface area (Å²) < 4.78 is 18.7. The van der Waals surface area contributed by atoms with Crippen LogP contribution in [0.3, 0.4) is 0 Å². The van der Waals surface area contributed by atoms with Crippen molar-refractivity contribution in [1.82, 2.24) is 0 Å². The van der Waals surface area contributed by atoms with Gasteiger partial charge in [0.2, 0.25) is 0 Å². The standard InChI is InChI=1S/C16H28O3S3Si/c1-4-17-23(18-5-2,19-6-3)10-7-11-12(8-10)14-9-13(11)15-16(14)21-22-20-15/h10-16H,4-9H2,1-3H3. The van der Waals surface area contributed by atoms with Crippen LogP contribution in [0.25, 0.3) is 0 Å². The summed E-state index contributed by atoms with van der Waals surface area (Å²) in [5, 5.41) is 1.83. The minimum absolute atomic E-state index is 0.532. The van der Waals surface area contributed by atoms with E-state index in [1.54, 1.807) is 0 Å². The van der Waals surface area contributed by atoms with Gasteiger partial charge in [0.15, 0.2) is 0 Å². The summed E-state index contributed by atoms with van der Waals surface area (Å²) in [7, 11) is 3.86. The van der Waals surface area contributed by atoms with Crippen LogP contribution in [0.15, 0.2) is 0 Å². The minimum Gasteiger partial charge on any atom is -0.374 e. The van der Waals surface area contributed by atoms with Gasteiger partial charge >= 0.3 is 8.80 Å². The van der Waals surface area contributed by atoms with Crippen molar-refractivity contribution < 1.29 is 13.3 Å². The van der Waals surface area contributed by atoms with Crippen LogP contribution in [0, 0.1) is 23.7 Å². The summed E-state index contributed by atoms with van der Waals surface area (Å²) in [5.41, 5.74) is 0.532. The van der Waals surface area contributed by atoms with Crippen molar-refractivity contribution >= 4 is 40.2 Å². The fourth-order valence-electron chi connectivity index (χ4n) is 5.73. The Morgan fingerprint density at radius 2 is 1.22 bits per heavy atom. The van der Waals surface area contributed by atoms with Gasteiger partial charge in [0.05, 0.1) is 0 Å². The zero-order chi connectivity index (χ0) is 16.0. The van der Waals surface area contributed by atoms with E-state index >= 15 is 0 Å². The maximum Gasteiger partial charge on any atom is 0.504 e. The quantitative estimate of drug-likeness (QED) is 0.454. The fourth-order valence-corrected chi connectivity index (χ4v) is 15.8. The van der Waals surface area contributed by atoms with E-state index in [9.17, 15) is 0 Å². The Morgan fingerprint density at radius 3 is 1.65 bits per heavy atom. The third-order valence-corrected chi connectivity index (χ3v) is 15.1. The molecule has 6 atom stereocenters. The Balaban J connectivity index is 1.53. The van der Waals surface area contributed by atoms with Gasteiger partial charge in [-0.2, -0.15) is 0 Å². The second-order valence-electron chi connectivity index (χ2n) is 7.15. The average Bonchev–Trinajstić information content (AvgIpc) is 3.25. The van der Waals surface area contributed by atoms with Gasteiger partial charge in [-0.25, -0.2) is 0 Å². The van der Waals surface area contributed by atoms with Crippen molar-refractivity contribution in [3.05, 3.63) is 0 Å². The molecule has 0 aromatic heterocycles. The fraction of sp³-hybridized carbons (Fsp3) is 1.00. The van der Waals surface area contributed by atoms with Gasteiger partial charge in [0.1, 0.15) is 0 Å². The van der Waals surface area contributed by atoms with E-state index in [0.29, 0.717) is 25.4 Å². The van der Waals surface area contributed by atoms with E-state index in [1.165, 1.54) is 19.3 Å². The molecule has 0 spiro atoms. The number of hydrogen-bond acceptors (Lipinski definition) is 6. The molecule has 0 radical (unpaired) electrons. The van der Waals surface area contributed by atoms with Crippen molar-refractivity contribution in [2.45, 2.75) is 56.1 Å². The van der Waals surface area contributed by atoms with E-state index in [2.05, 4.69) is 52.2 Å². The third-order valence-electron chi connectivity index (χ3n) is 6.31. The van der Waals surface area contributed by atoms with Crippen molar-refractivity contribution in [3.8, 4) is 0 Å². The number of fused-ring (bicyclic) bond motifs is 8. The molecule has 7 heteroatoms. The zero-order valence-electron chi connectivity index (χ0n) is 14.2. The highest BCUT2D eigenvalue weighted by Crippen LogP contribution is 2.72. The highest BCUT2D eigenvalue weighted by atomic mass is 33.5. The van der Waals surface area contributed by atoms with E-state index in [-0.39, 0.29) is 0 Å². The second kappa shape index (κ2) is 7.04. The molecule has 0 aromatic carbocycles. The maximum absolute atomic E-state index is 6.22. The molecule has 1 aliphatic heterocycles. The summed E-state index contributed by atoms with van der Waals surface area (Å²) in [5.74, 6) is 3.71. The lowest BCUT2D eigenvalue weighted by atomic mass is 9.81. The van der Waals surface area contributed by atoms with Crippen LogP contribution in [0.1, 0.15) is 40.0 Å². The zero-order valence-corrected chi connectivity index (χ0v) is 17.7. The maximum atomic E-state index is 6.22. The molecule has 1 heterocycles. The molecule has 6 unspecified atom stereocenters. The normalized spacial score (nSPS) is 44.7. The van der Waals surface area contributed by atoms with Gasteiger partial charge in [-0.05, 0) is 73.5 Å². The lowest BCUT2D eigenvalue weighted by molar-refractivity contribution is 0.0600. The van der Waals surface area contributed by atoms with Crippen molar-refractivity contribution in [2.75, 3.05) is 19.8 Å². The van der Waals surface area contributed by atoms with Crippen LogP contribution >= 0.6 is 31.4 Å². The predicted molar refractivity (Wildman–Crippen MR) is 103 cm³/mol. The van der Waals surface area contributed by atoms with Gasteiger partial charge in [0.25, 0.3) is 0 Å². The monoisotopic (exact) mass is 392 g/mol. The van der Waals surface area contributed by atoms with Crippen LogP contribution in [0.4, 0.5) is 0 Å². The number of hydrogen-bond donors (Lipinski definition) is 0. The van der Waals surface area contributed by atoms with Crippen molar-refractivity contribution in [2.24, 2.45) is 23.7 Å². The molecule has 3 saturated carbocycles. The lowest BCUT2D eigenvalue weighted by Gasteiger charge is -2.34. The van der Waals surface area contributed by atoms with Gasteiger partial charge in [-0.1, -0.05) is 21.6 Å². The number of rotatable bonds is 7. The second-order valence-corrected chi connectivity index (χ2v) is 14.4. The Morgan fingerprint density at radius 1 is 0.739 bits per heavy atom. The summed E-state index contributed by atoms with van der Waals surface area (Å²) in [4.78, 5) is 0. The van der Waals surface area contributed by atoms with Crippen LogP contribution in [0.5, 0.6) is 0 Å². The minimum atomic E-state index is -2.51. The summed E-state index contributed by atoms with van der Waals surface area (Å²) in [6.07, 6.45) is 4.07. The molecular formula is C16H28O3S3Si. The van der Waals surface area contributed by atoms with Crippen molar-refractivity contribution in [1.29, 1.82) is 0 Å². The van der Waals surface area contributed by atoms with Crippen LogP contribution in [0.2, 0.25) is 5.54 Å². The van der Waals surface area contributed by atoms with Crippen LogP contribution in [-0.4, -0.2) is 39.1 Å². The molecule has 3 aliphatic carbocycles. The smallest absolute Gasteiger partial charge is 0.374 e. The first-order valence-corrected chi connectivity index (χ1v) is 14.6. The third kappa shape index (κ3) is 2.77. The van der Waals surface area contributed by atoms with Crippen LogP contribution < -0.4 is 0 Å². The first-order valence-electron chi connectivity index (χ1n) is 9.14. The molecule has 4 fully saturated rings. The highest BCUT2D eigenvalue weighted by Gasteiger charge is 2.66. The Kier molecular flexibility index (Phi) is 5.38. The Bertz CT molecular complexity index is 400. The molecule has 0 N–H and O–H groups in total. The Labute approximate surface area is 152 Å². The van der Waals surface area contributed by atoms with E-state index in [0.717, 1.165) is 34.2 Å². The molecule has 132 valence electrons. The Hall–Kier alpha value is 1.15. The van der Waals surface area contributed by atoms with E-state index < -0.39 is 8.80 Å². The lowest BCUT2D eigenvalue weighted by Crippen LogP contribution is -2.50. The van der Waals surface area contributed by atoms with Gasteiger partial charge in [-0.3, -0.25) is 0 Å². The van der Waals surface area contributed by atoms with Crippen LogP contribution in [-0.2, 0) is 13.3 Å². The summed E-state index contributed by atoms with van der Waals surface area (Å²) in [6.45, 7) is 8.35.